The highest BCUT2D eigenvalue weighted by Crippen LogP contribution is 2.43. The maximum absolute atomic E-state index is 14.8. The van der Waals surface area contributed by atoms with Crippen LogP contribution in [0, 0.1) is 12.8 Å². The van der Waals surface area contributed by atoms with Crippen LogP contribution in [0.1, 0.15) is 55.1 Å². The van der Waals surface area contributed by atoms with Gasteiger partial charge in [0.05, 0.1) is 19.7 Å². The van der Waals surface area contributed by atoms with E-state index in [0.29, 0.717) is 34.6 Å². The minimum atomic E-state index is -2.17. The molecular weight excluding hydrogens is 498 g/mol. The molecule has 2 aromatic carbocycles. The molecule has 4 rings (SSSR count). The summed E-state index contributed by atoms with van der Waals surface area (Å²) in [6.07, 6.45) is 5.10. The van der Waals surface area contributed by atoms with Gasteiger partial charge in [-0.05, 0) is 62.4 Å². The number of anilines is 1. The molecule has 1 fully saturated rings. The Hall–Kier alpha value is -4.01. The zero-order valence-electron chi connectivity index (χ0n) is 23.2. The Bertz CT molecular complexity index is 1370. The summed E-state index contributed by atoms with van der Waals surface area (Å²) < 4.78 is 12.8. The monoisotopic (exact) mass is 535 g/mol. The maximum atomic E-state index is 14.8. The zero-order chi connectivity index (χ0) is 28.3. The summed E-state index contributed by atoms with van der Waals surface area (Å²) in [5.74, 6) is -1.56. The van der Waals surface area contributed by atoms with E-state index >= 15 is 0 Å². The number of hydrogen-bond donors (Lipinski definition) is 2. The van der Waals surface area contributed by atoms with Crippen molar-refractivity contribution in [3.63, 3.8) is 0 Å². The number of benzene rings is 2. The van der Waals surface area contributed by atoms with Crippen molar-refractivity contribution in [3.8, 4) is 11.5 Å². The fourth-order valence-corrected chi connectivity index (χ4v) is 5.67. The number of aromatic nitrogens is 1. The lowest BCUT2D eigenvalue weighted by Crippen LogP contribution is -2.56. The molecule has 2 amide bonds. The number of aliphatic carboxylic acids is 1. The highest BCUT2D eigenvalue weighted by Gasteiger charge is 2.50. The van der Waals surface area contributed by atoms with Crippen molar-refractivity contribution in [2.75, 3.05) is 32.7 Å². The molecule has 208 valence electrons. The van der Waals surface area contributed by atoms with Crippen LogP contribution in [0.25, 0.3) is 10.9 Å². The number of fused-ring (bicyclic) bond motifs is 1. The van der Waals surface area contributed by atoms with Gasteiger partial charge in [-0.2, -0.15) is 0 Å². The van der Waals surface area contributed by atoms with E-state index in [4.69, 9.17) is 9.47 Å². The van der Waals surface area contributed by atoms with Crippen LogP contribution in [0.15, 0.2) is 42.5 Å². The predicted octanol–water partition coefficient (Wildman–Crippen LogP) is 4.74. The Labute approximate surface area is 228 Å². The van der Waals surface area contributed by atoms with Gasteiger partial charge in [0.15, 0.2) is 0 Å². The second kappa shape index (κ2) is 11.4. The number of methoxy groups -OCH3 is 2. The van der Waals surface area contributed by atoms with E-state index in [1.807, 2.05) is 6.92 Å². The largest absolute Gasteiger partial charge is 0.494 e. The van der Waals surface area contributed by atoms with Gasteiger partial charge < -0.3 is 29.4 Å². The summed E-state index contributed by atoms with van der Waals surface area (Å²) in [6, 6.07) is 12.3. The first-order chi connectivity index (χ1) is 18.7. The number of para-hydroxylation sites is 1. The number of carbonyl (C=O) groups is 3. The summed E-state index contributed by atoms with van der Waals surface area (Å²) in [7, 11) is 4.50. The summed E-state index contributed by atoms with van der Waals surface area (Å²) in [5.41, 5.74) is -0.365. The lowest BCUT2D eigenvalue weighted by molar-refractivity contribution is -0.152. The number of rotatable bonds is 9. The second-order valence-corrected chi connectivity index (χ2v) is 10.3. The van der Waals surface area contributed by atoms with E-state index in [1.165, 1.54) is 37.7 Å². The minimum absolute atomic E-state index is 0.0809. The van der Waals surface area contributed by atoms with Crippen LogP contribution < -0.4 is 19.7 Å². The first-order valence-corrected chi connectivity index (χ1v) is 13.3. The molecule has 0 aliphatic heterocycles. The van der Waals surface area contributed by atoms with Gasteiger partial charge >= 0.3 is 5.97 Å². The van der Waals surface area contributed by atoms with E-state index in [1.54, 1.807) is 42.5 Å². The molecule has 1 aliphatic rings. The molecule has 1 aliphatic carbocycles. The van der Waals surface area contributed by atoms with Gasteiger partial charge in [-0.1, -0.05) is 37.5 Å². The summed E-state index contributed by atoms with van der Waals surface area (Å²) >= 11 is 0. The number of aryl methyl sites for hydroxylation is 1. The first kappa shape index (κ1) is 28.0. The molecule has 1 saturated carbocycles. The molecule has 2 N–H and O–H groups in total. The van der Waals surface area contributed by atoms with Gasteiger partial charge in [0.2, 0.25) is 5.54 Å². The van der Waals surface area contributed by atoms with Crippen molar-refractivity contribution in [3.05, 3.63) is 53.7 Å². The van der Waals surface area contributed by atoms with Crippen molar-refractivity contribution in [2.24, 2.45) is 5.92 Å². The van der Waals surface area contributed by atoms with Crippen LogP contribution >= 0.6 is 0 Å². The highest BCUT2D eigenvalue weighted by molar-refractivity contribution is 6.14. The first-order valence-electron chi connectivity index (χ1n) is 13.3. The number of nitrogens with one attached hydrogen (secondary N) is 1. The highest BCUT2D eigenvalue weighted by atomic mass is 16.5. The molecular formula is C30H37N3O6. The molecule has 0 bridgehead atoms. The Morgan fingerprint density at radius 3 is 2.23 bits per heavy atom. The van der Waals surface area contributed by atoms with Gasteiger partial charge in [0, 0.05) is 19.0 Å². The lowest BCUT2D eigenvalue weighted by atomic mass is 9.88. The average Bonchev–Trinajstić information content (AvgIpc) is 3.35. The number of carbonyl (C=O) groups excluding carboxylic acids is 2. The van der Waals surface area contributed by atoms with Gasteiger partial charge in [0.25, 0.3) is 11.8 Å². The van der Waals surface area contributed by atoms with Crippen molar-refractivity contribution < 1.29 is 29.0 Å². The number of carboxylic acid groups (broad SMARTS) is 1. The number of ether oxygens (including phenoxy) is 2. The molecule has 39 heavy (non-hydrogen) atoms. The summed E-state index contributed by atoms with van der Waals surface area (Å²) in [6.45, 7) is 3.55. The van der Waals surface area contributed by atoms with Crippen molar-refractivity contribution in [1.29, 1.82) is 0 Å². The SMILES string of the molecule is CNC(=O)c1cc2ccccc2n1C(C)(C(=O)O)C(=O)N(CC1CCCCC1)c1c(OC)cc(C)cc1OC. The van der Waals surface area contributed by atoms with Crippen LogP contribution in [0.4, 0.5) is 5.69 Å². The van der Waals surface area contributed by atoms with E-state index < -0.39 is 23.3 Å². The van der Waals surface area contributed by atoms with Crippen molar-refractivity contribution in [1.82, 2.24) is 9.88 Å². The molecule has 0 radical (unpaired) electrons. The van der Waals surface area contributed by atoms with Gasteiger partial charge in [-0.25, -0.2) is 4.79 Å². The molecule has 1 atom stereocenters. The third-order valence-electron chi connectivity index (χ3n) is 7.76. The van der Waals surface area contributed by atoms with E-state index in [9.17, 15) is 19.5 Å². The number of nitrogens with zero attached hydrogens (tertiary/aromatic N) is 2. The van der Waals surface area contributed by atoms with Crippen molar-refractivity contribution >= 4 is 34.4 Å². The Kier molecular flexibility index (Phi) is 8.18. The van der Waals surface area contributed by atoms with Gasteiger partial charge in [0.1, 0.15) is 22.9 Å². The van der Waals surface area contributed by atoms with Crippen LogP contribution in [-0.4, -0.2) is 55.3 Å². The normalized spacial score (nSPS) is 15.4. The number of hydrogen-bond acceptors (Lipinski definition) is 5. The minimum Gasteiger partial charge on any atom is -0.494 e. The fraction of sp³-hybridized carbons (Fsp3) is 0.433. The van der Waals surface area contributed by atoms with E-state index in [-0.39, 0.29) is 11.6 Å². The lowest BCUT2D eigenvalue weighted by Gasteiger charge is -2.37. The summed E-state index contributed by atoms with van der Waals surface area (Å²) in [4.78, 5) is 42.5. The molecule has 0 spiro atoms. The van der Waals surface area contributed by atoms with Crippen LogP contribution in [-0.2, 0) is 15.1 Å². The maximum Gasteiger partial charge on any atom is 0.339 e. The van der Waals surface area contributed by atoms with Crippen LogP contribution in [0.3, 0.4) is 0 Å². The third kappa shape index (κ3) is 5.05. The van der Waals surface area contributed by atoms with Gasteiger partial charge in [-0.3, -0.25) is 9.59 Å². The summed E-state index contributed by atoms with van der Waals surface area (Å²) in [5, 5.41) is 14.0. The standard InChI is InChI=1S/C30H37N3O6/c1-19-15-24(38-4)26(25(16-19)39-5)32(18-20-11-7-6-8-12-20)28(35)30(2,29(36)37)33-22-14-10-9-13-21(22)17-23(33)27(34)31-3/h9-10,13-17,20H,6-8,11-12,18H2,1-5H3,(H,31,34)(H,36,37). The zero-order valence-corrected chi connectivity index (χ0v) is 23.2. The molecule has 9 nitrogen and oxygen atoms in total. The molecule has 9 heteroatoms. The Balaban J connectivity index is 1.98. The number of amides is 2. The predicted molar refractivity (Wildman–Crippen MR) is 150 cm³/mol. The molecule has 3 aromatic rings. The van der Waals surface area contributed by atoms with Crippen LogP contribution in [0.5, 0.6) is 11.5 Å². The van der Waals surface area contributed by atoms with Crippen LogP contribution in [0.2, 0.25) is 0 Å². The van der Waals surface area contributed by atoms with E-state index in [0.717, 1.165) is 37.7 Å². The quantitative estimate of drug-likeness (QED) is 0.383. The average molecular weight is 536 g/mol. The smallest absolute Gasteiger partial charge is 0.339 e. The Morgan fingerprint density at radius 2 is 1.67 bits per heavy atom. The fourth-order valence-electron chi connectivity index (χ4n) is 5.67. The molecule has 1 aromatic heterocycles. The third-order valence-corrected chi connectivity index (χ3v) is 7.76. The van der Waals surface area contributed by atoms with Crippen molar-refractivity contribution in [2.45, 2.75) is 51.5 Å². The Morgan fingerprint density at radius 1 is 1.05 bits per heavy atom. The molecule has 1 heterocycles. The molecule has 1 unspecified atom stereocenters. The topological polar surface area (TPSA) is 110 Å². The van der Waals surface area contributed by atoms with E-state index in [2.05, 4.69) is 5.32 Å². The molecule has 0 saturated heterocycles. The van der Waals surface area contributed by atoms with Gasteiger partial charge in [-0.15, -0.1) is 0 Å². The number of carboxylic acids is 1. The second-order valence-electron chi connectivity index (χ2n) is 10.3.